The molecule has 2 aromatic carbocycles. The number of H-pyrrole nitrogens is 1. The quantitative estimate of drug-likeness (QED) is 0.179. The van der Waals surface area contributed by atoms with Gasteiger partial charge >= 0.3 is 4.87 Å². The average Bonchev–Trinajstić information content (AvgIpc) is 3.22. The first-order valence-corrected chi connectivity index (χ1v) is 14.0. The normalized spacial score (nSPS) is 12.9. The molecule has 0 saturated carbocycles. The molecule has 2 unspecified atom stereocenters. The van der Waals surface area contributed by atoms with Gasteiger partial charge in [-0.05, 0) is 49.4 Å². The van der Waals surface area contributed by atoms with Gasteiger partial charge in [0.05, 0.1) is 17.6 Å². The largest absolute Gasteiger partial charge is 0.494 e. The molecule has 0 aliphatic rings. The van der Waals surface area contributed by atoms with Gasteiger partial charge in [0.2, 0.25) is 5.88 Å². The Hall–Kier alpha value is -2.65. The van der Waals surface area contributed by atoms with Crippen molar-refractivity contribution in [3.63, 3.8) is 0 Å². The number of rotatable bonds is 18. The summed E-state index contributed by atoms with van der Waals surface area (Å²) in [5.41, 5.74) is 2.40. The third-order valence-corrected chi connectivity index (χ3v) is 6.97. The van der Waals surface area contributed by atoms with E-state index in [4.69, 9.17) is 9.47 Å². The van der Waals surface area contributed by atoms with Crippen LogP contribution in [0.15, 0.2) is 59.4 Å². The fourth-order valence-corrected chi connectivity index (χ4v) is 4.72. The number of hydrogen-bond acceptors (Lipinski definition) is 7. The number of benzene rings is 2. The smallest absolute Gasteiger partial charge is 0.307 e. The molecule has 1 heterocycles. The van der Waals surface area contributed by atoms with Crippen molar-refractivity contribution < 1.29 is 19.7 Å². The third kappa shape index (κ3) is 11.5. The second-order valence-electron chi connectivity index (χ2n) is 9.46. The number of hydrogen-bond donors (Lipinski definition) is 4. The summed E-state index contributed by atoms with van der Waals surface area (Å²) in [6.45, 7) is 3.95. The van der Waals surface area contributed by atoms with Crippen molar-refractivity contribution in [2.24, 2.45) is 0 Å². The van der Waals surface area contributed by atoms with Crippen molar-refractivity contribution in [2.75, 3.05) is 26.4 Å². The van der Waals surface area contributed by atoms with E-state index in [2.05, 4.69) is 40.6 Å². The first-order chi connectivity index (χ1) is 18.0. The van der Waals surface area contributed by atoms with E-state index in [-0.39, 0.29) is 16.8 Å². The van der Waals surface area contributed by atoms with Crippen LogP contribution in [-0.4, -0.2) is 53.7 Å². The number of nitrogens with one attached hydrogen (secondary N) is 2. The number of aromatic hydroxyl groups is 1. The van der Waals surface area contributed by atoms with E-state index in [1.165, 1.54) is 24.8 Å². The highest BCUT2D eigenvalue weighted by Crippen LogP contribution is 2.21. The molecule has 37 heavy (non-hydrogen) atoms. The molecule has 0 radical (unpaired) electrons. The minimum atomic E-state index is -0.548. The zero-order chi connectivity index (χ0) is 26.3. The van der Waals surface area contributed by atoms with Crippen molar-refractivity contribution in [3.8, 4) is 11.6 Å². The molecule has 0 amide bonds. The molecule has 0 saturated heterocycles. The van der Waals surface area contributed by atoms with E-state index >= 15 is 0 Å². The van der Waals surface area contributed by atoms with Gasteiger partial charge in [-0.2, -0.15) is 0 Å². The Labute approximate surface area is 223 Å². The van der Waals surface area contributed by atoms with Gasteiger partial charge < -0.3 is 25.0 Å². The summed E-state index contributed by atoms with van der Waals surface area (Å²) >= 11 is 1.02. The topological polar surface area (TPSA) is 104 Å². The summed E-state index contributed by atoms with van der Waals surface area (Å²) in [5.74, 6) is 0.681. The summed E-state index contributed by atoms with van der Waals surface area (Å²) in [6, 6.07) is 18.3. The SMILES string of the molecule is CC(COc1ccc(Cc2sc(=O)[nH]c2O)cc1)NCC(O)COCCCCCCCc1ccccc1. The summed E-state index contributed by atoms with van der Waals surface area (Å²) in [4.78, 5) is 14.1. The summed E-state index contributed by atoms with van der Waals surface area (Å²) in [5, 5.41) is 23.2. The molecular weight excluding hydrogens is 488 g/mol. The van der Waals surface area contributed by atoms with Gasteiger partial charge in [-0.3, -0.25) is 9.78 Å². The number of aryl methyl sites for hydroxylation is 1. The first kappa shape index (κ1) is 28.9. The van der Waals surface area contributed by atoms with Crippen LogP contribution in [0.5, 0.6) is 11.6 Å². The molecule has 202 valence electrons. The Balaban J connectivity index is 1.17. The molecule has 4 N–H and O–H groups in total. The number of thiazole rings is 1. The molecule has 0 bridgehead atoms. The lowest BCUT2D eigenvalue weighted by Gasteiger charge is -2.18. The highest BCUT2D eigenvalue weighted by Gasteiger charge is 2.10. The van der Waals surface area contributed by atoms with Crippen LogP contribution < -0.4 is 14.9 Å². The molecule has 2 atom stereocenters. The van der Waals surface area contributed by atoms with Gasteiger partial charge in [-0.1, -0.05) is 73.1 Å². The maximum atomic E-state index is 11.3. The van der Waals surface area contributed by atoms with Crippen LogP contribution in [0.25, 0.3) is 0 Å². The van der Waals surface area contributed by atoms with Gasteiger partial charge in [0.1, 0.15) is 12.4 Å². The van der Waals surface area contributed by atoms with E-state index in [9.17, 15) is 15.0 Å². The Morgan fingerprint density at radius 1 is 0.946 bits per heavy atom. The van der Waals surface area contributed by atoms with Gasteiger partial charge in [0, 0.05) is 25.6 Å². The van der Waals surface area contributed by atoms with Gasteiger partial charge in [-0.15, -0.1) is 0 Å². The van der Waals surface area contributed by atoms with Crippen LogP contribution in [0.2, 0.25) is 0 Å². The van der Waals surface area contributed by atoms with Crippen molar-refractivity contribution in [2.45, 2.75) is 64.0 Å². The summed E-state index contributed by atoms with van der Waals surface area (Å²) < 4.78 is 11.5. The zero-order valence-corrected chi connectivity index (χ0v) is 22.5. The molecule has 0 aliphatic heterocycles. The minimum absolute atomic E-state index is 0.0621. The molecule has 0 spiro atoms. The van der Waals surface area contributed by atoms with E-state index in [0.29, 0.717) is 37.7 Å². The summed E-state index contributed by atoms with van der Waals surface area (Å²) in [7, 11) is 0. The number of aliphatic hydroxyl groups excluding tert-OH is 1. The van der Waals surface area contributed by atoms with Gasteiger partial charge in [-0.25, -0.2) is 0 Å². The van der Waals surface area contributed by atoms with Crippen LogP contribution >= 0.6 is 11.3 Å². The van der Waals surface area contributed by atoms with Crippen molar-refractivity contribution in [3.05, 3.63) is 80.3 Å². The van der Waals surface area contributed by atoms with E-state index < -0.39 is 6.10 Å². The minimum Gasteiger partial charge on any atom is -0.494 e. The van der Waals surface area contributed by atoms with Crippen LogP contribution in [0, 0.1) is 0 Å². The third-order valence-electron chi connectivity index (χ3n) is 6.10. The predicted octanol–water partition coefficient (Wildman–Crippen LogP) is 4.66. The molecular formula is C29H40N2O5S. The molecule has 0 fully saturated rings. The molecule has 3 aromatic rings. The fraction of sp³-hybridized carbons (Fsp3) is 0.483. The lowest BCUT2D eigenvalue weighted by atomic mass is 10.1. The predicted molar refractivity (Wildman–Crippen MR) is 149 cm³/mol. The summed E-state index contributed by atoms with van der Waals surface area (Å²) in [6.07, 6.45) is 6.98. The number of aromatic amines is 1. The fourth-order valence-electron chi connectivity index (χ4n) is 3.96. The second-order valence-corrected chi connectivity index (χ2v) is 10.5. The van der Waals surface area contributed by atoms with Gasteiger partial charge in [0.15, 0.2) is 0 Å². The van der Waals surface area contributed by atoms with Crippen molar-refractivity contribution >= 4 is 11.3 Å². The number of ether oxygens (including phenoxy) is 2. The molecule has 8 heteroatoms. The first-order valence-electron chi connectivity index (χ1n) is 13.2. The van der Waals surface area contributed by atoms with E-state index in [0.717, 1.165) is 41.9 Å². The molecule has 0 aliphatic carbocycles. The maximum absolute atomic E-state index is 11.3. The Morgan fingerprint density at radius 3 is 2.41 bits per heavy atom. The number of aromatic nitrogens is 1. The lowest BCUT2D eigenvalue weighted by Crippen LogP contribution is -2.39. The molecule has 7 nitrogen and oxygen atoms in total. The lowest BCUT2D eigenvalue weighted by molar-refractivity contribution is 0.0336. The highest BCUT2D eigenvalue weighted by molar-refractivity contribution is 7.09. The maximum Gasteiger partial charge on any atom is 0.307 e. The Morgan fingerprint density at radius 2 is 1.68 bits per heavy atom. The van der Waals surface area contributed by atoms with Crippen LogP contribution in [-0.2, 0) is 17.6 Å². The van der Waals surface area contributed by atoms with E-state index in [1.807, 2.05) is 31.2 Å². The van der Waals surface area contributed by atoms with Crippen molar-refractivity contribution in [1.82, 2.24) is 10.3 Å². The Bertz CT molecular complexity index is 1070. The van der Waals surface area contributed by atoms with Gasteiger partial charge in [0.25, 0.3) is 0 Å². The van der Waals surface area contributed by atoms with Crippen molar-refractivity contribution in [1.29, 1.82) is 0 Å². The second kappa shape index (κ2) is 16.2. The molecule has 1 aromatic heterocycles. The number of unbranched alkanes of at least 4 members (excludes halogenated alkanes) is 4. The number of aliphatic hydroxyl groups is 1. The average molecular weight is 529 g/mol. The monoisotopic (exact) mass is 528 g/mol. The molecule has 3 rings (SSSR count). The van der Waals surface area contributed by atoms with E-state index in [1.54, 1.807) is 0 Å². The zero-order valence-electron chi connectivity index (χ0n) is 21.7. The van der Waals surface area contributed by atoms with Crippen LogP contribution in [0.3, 0.4) is 0 Å². The highest BCUT2D eigenvalue weighted by atomic mass is 32.1. The Kier molecular flexibility index (Phi) is 12.7. The standard InChI is InChI=1S/C29H40N2O5S/c1-22(20-36-26-15-13-24(14-16-26)18-27-28(33)31-29(34)37-27)30-19-25(32)21-35-17-9-4-2-3-6-10-23-11-7-5-8-12-23/h5,7-8,11-16,22,25,30,32-33H,2-4,6,9-10,17-21H2,1H3,(H,31,34). The van der Waals surface area contributed by atoms with Crippen LogP contribution in [0.1, 0.15) is 55.0 Å². The van der Waals surface area contributed by atoms with Crippen LogP contribution in [0.4, 0.5) is 0 Å².